The van der Waals surface area contributed by atoms with Crippen molar-refractivity contribution in [1.29, 1.82) is 0 Å². The normalized spacial score (nSPS) is 23.0. The van der Waals surface area contributed by atoms with Gasteiger partial charge in [0.25, 0.3) is 0 Å². The fourth-order valence-electron chi connectivity index (χ4n) is 3.99. The van der Waals surface area contributed by atoms with Gasteiger partial charge in [0, 0.05) is 13.1 Å². The molecule has 178 valence electrons. The van der Waals surface area contributed by atoms with Crippen LogP contribution < -0.4 is 20.5 Å². The van der Waals surface area contributed by atoms with Crippen molar-refractivity contribution in [2.24, 2.45) is 5.73 Å². The number of piperidine rings is 1. The van der Waals surface area contributed by atoms with Crippen LogP contribution in [0.4, 0.5) is 42.5 Å². The molecular weight excluding hydrogens is 460 g/mol. The van der Waals surface area contributed by atoms with E-state index in [1.807, 2.05) is 0 Å². The van der Waals surface area contributed by atoms with E-state index in [1.54, 1.807) is 0 Å². The summed E-state index contributed by atoms with van der Waals surface area (Å²) in [5.74, 6) is -0.828. The van der Waals surface area contributed by atoms with Crippen molar-refractivity contribution in [2.45, 2.75) is 30.5 Å². The van der Waals surface area contributed by atoms with Crippen LogP contribution in [0.25, 0.3) is 0 Å². The first-order valence-electron chi connectivity index (χ1n) is 9.56. The Bertz CT molecular complexity index is 1030. The highest BCUT2D eigenvalue weighted by Gasteiger charge is 2.43. The Morgan fingerprint density at radius 2 is 1.45 bits per heavy atom. The maximum Gasteiger partial charge on any atom is 0.416 e. The highest BCUT2D eigenvalue weighted by Crippen LogP contribution is 2.51. The Kier molecular flexibility index (Phi) is 5.36. The third kappa shape index (κ3) is 4.13. The van der Waals surface area contributed by atoms with Gasteiger partial charge in [0.15, 0.2) is 11.5 Å². The number of benzene rings is 2. The van der Waals surface area contributed by atoms with Gasteiger partial charge in [-0.1, -0.05) is 0 Å². The van der Waals surface area contributed by atoms with E-state index in [4.69, 9.17) is 10.5 Å². The third-order valence-corrected chi connectivity index (χ3v) is 5.57. The number of carbonyl (C=O) groups is 1. The van der Waals surface area contributed by atoms with Crippen molar-refractivity contribution in [3.63, 3.8) is 0 Å². The van der Waals surface area contributed by atoms with Gasteiger partial charge >= 0.3 is 12.4 Å². The molecule has 2 aliphatic heterocycles. The van der Waals surface area contributed by atoms with Gasteiger partial charge in [-0.15, -0.1) is 0 Å². The summed E-state index contributed by atoms with van der Waals surface area (Å²) in [6.07, 6.45) is -12.5. The second-order valence-electron chi connectivity index (χ2n) is 7.73. The minimum Gasteiger partial charge on any atom is -0.530 e. The number of nitrogens with zero attached hydrogens (tertiary/aromatic N) is 2. The van der Waals surface area contributed by atoms with Crippen LogP contribution in [0, 0.1) is 0 Å². The molecule has 3 N–H and O–H groups in total. The van der Waals surface area contributed by atoms with Crippen LogP contribution in [-0.2, 0) is 12.4 Å². The maximum absolute atomic E-state index is 13.2. The van der Waals surface area contributed by atoms with Gasteiger partial charge in [-0.25, -0.2) is 0 Å². The molecule has 4 rings (SSSR count). The van der Waals surface area contributed by atoms with E-state index in [9.17, 15) is 41.4 Å². The van der Waals surface area contributed by atoms with E-state index in [0.717, 1.165) is 29.2 Å². The number of nitrogens with two attached hydrogens (primary N) is 1. The van der Waals surface area contributed by atoms with E-state index >= 15 is 0 Å². The van der Waals surface area contributed by atoms with Gasteiger partial charge in [0.1, 0.15) is 6.09 Å². The van der Waals surface area contributed by atoms with E-state index < -0.39 is 59.3 Å². The number of likely N-dealkylation sites (tertiary alicyclic amines) is 1. The number of anilines is 2. The smallest absolute Gasteiger partial charge is 0.416 e. The van der Waals surface area contributed by atoms with Gasteiger partial charge < -0.3 is 35.3 Å². The summed E-state index contributed by atoms with van der Waals surface area (Å²) in [5, 5.41) is 22.1. The van der Waals surface area contributed by atoms with Gasteiger partial charge in [-0.2, -0.15) is 26.3 Å². The SMILES string of the molecule is NC1CN(C(=O)[O-])CC(N2c3ccc(C(F)(F)F)cc3Oc3cc(C(F)(F)F)ccc32)C1O. The molecule has 3 atom stereocenters. The summed E-state index contributed by atoms with van der Waals surface area (Å²) in [4.78, 5) is 13.5. The first-order chi connectivity index (χ1) is 15.3. The molecule has 0 spiro atoms. The first-order valence-corrected chi connectivity index (χ1v) is 9.56. The lowest BCUT2D eigenvalue weighted by Gasteiger charge is -2.48. The molecule has 33 heavy (non-hydrogen) atoms. The molecule has 2 aromatic carbocycles. The summed E-state index contributed by atoms with van der Waals surface area (Å²) >= 11 is 0. The molecule has 0 saturated carbocycles. The quantitative estimate of drug-likeness (QED) is 0.614. The largest absolute Gasteiger partial charge is 0.530 e. The van der Waals surface area contributed by atoms with Crippen molar-refractivity contribution in [1.82, 2.24) is 4.90 Å². The Balaban J connectivity index is 1.88. The average molecular weight is 476 g/mol. The Labute approximate surface area is 182 Å². The van der Waals surface area contributed by atoms with Crippen molar-refractivity contribution in [2.75, 3.05) is 18.0 Å². The van der Waals surface area contributed by atoms with E-state index in [1.165, 1.54) is 4.90 Å². The molecule has 13 heteroatoms. The molecule has 0 aliphatic carbocycles. The molecule has 0 radical (unpaired) electrons. The summed E-state index contributed by atoms with van der Waals surface area (Å²) in [6.45, 7) is -0.623. The molecule has 0 aromatic heterocycles. The summed E-state index contributed by atoms with van der Waals surface area (Å²) in [7, 11) is 0. The van der Waals surface area contributed by atoms with Crippen molar-refractivity contribution < 1.29 is 46.1 Å². The second kappa shape index (κ2) is 7.70. The number of hydrogen-bond acceptors (Lipinski definition) is 6. The predicted octanol–water partition coefficient (Wildman–Crippen LogP) is 2.68. The predicted molar refractivity (Wildman–Crippen MR) is 99.8 cm³/mol. The van der Waals surface area contributed by atoms with Crippen molar-refractivity contribution in [3.05, 3.63) is 47.5 Å². The van der Waals surface area contributed by atoms with Crippen LogP contribution in [-0.4, -0.2) is 47.4 Å². The molecule has 2 aromatic rings. The zero-order chi connectivity index (χ0) is 24.3. The van der Waals surface area contributed by atoms with E-state index in [-0.39, 0.29) is 24.5 Å². The number of aliphatic hydroxyl groups excluding tert-OH is 1. The Hall–Kier alpha value is -3.19. The topological polar surface area (TPSA) is 102 Å². The van der Waals surface area contributed by atoms with Gasteiger partial charge in [-0.3, -0.25) is 0 Å². The van der Waals surface area contributed by atoms with Crippen molar-refractivity contribution in [3.8, 4) is 11.5 Å². The molecule has 1 fully saturated rings. The first kappa shape index (κ1) is 23.0. The monoisotopic (exact) mass is 476 g/mol. The lowest BCUT2D eigenvalue weighted by Crippen LogP contribution is -2.65. The van der Waals surface area contributed by atoms with Crippen LogP contribution in [0.15, 0.2) is 36.4 Å². The average Bonchev–Trinajstić information content (AvgIpc) is 2.71. The lowest BCUT2D eigenvalue weighted by molar-refractivity contribution is -0.267. The van der Waals surface area contributed by atoms with E-state index in [0.29, 0.717) is 12.1 Å². The van der Waals surface area contributed by atoms with Gasteiger partial charge in [0.2, 0.25) is 0 Å². The minimum absolute atomic E-state index is 0.00768. The number of aliphatic hydroxyl groups is 1. The van der Waals surface area contributed by atoms with Gasteiger partial charge in [0.05, 0.1) is 40.7 Å². The highest BCUT2D eigenvalue weighted by molar-refractivity contribution is 5.80. The number of rotatable bonds is 1. The summed E-state index contributed by atoms with van der Waals surface area (Å²) in [6, 6.07) is 2.58. The number of carbonyl (C=O) groups excluding carboxylic acids is 1. The molecule has 2 heterocycles. The number of carboxylic acid groups (broad SMARTS) is 1. The Morgan fingerprint density at radius 1 is 0.970 bits per heavy atom. The van der Waals surface area contributed by atoms with E-state index in [2.05, 4.69) is 0 Å². The number of alkyl halides is 6. The molecule has 3 unspecified atom stereocenters. The lowest BCUT2D eigenvalue weighted by atomic mass is 9.94. The number of amides is 1. The zero-order valence-electron chi connectivity index (χ0n) is 16.5. The van der Waals surface area contributed by atoms with Crippen LogP contribution in [0.3, 0.4) is 0 Å². The standard InChI is InChI=1S/C20H17F6N3O4/c21-19(22,23)9-1-3-12-15(5-9)33-16-6-10(20(24,25)26)2-4-13(16)29(12)14-8-28(18(31)32)7-11(27)17(14)30/h1-6,11,14,17,30H,7-8,27H2,(H,31,32)/p-1. The minimum atomic E-state index is -4.75. The van der Waals surface area contributed by atoms with Crippen molar-refractivity contribution >= 4 is 17.5 Å². The molecule has 0 bridgehead atoms. The maximum atomic E-state index is 13.2. The fraction of sp³-hybridized carbons (Fsp3) is 0.350. The third-order valence-electron chi connectivity index (χ3n) is 5.57. The van der Waals surface area contributed by atoms with Crippen LogP contribution in [0.1, 0.15) is 11.1 Å². The summed E-state index contributed by atoms with van der Waals surface area (Å²) < 4.78 is 84.8. The van der Waals surface area contributed by atoms with Crippen LogP contribution in [0.2, 0.25) is 0 Å². The highest BCUT2D eigenvalue weighted by atomic mass is 19.4. The van der Waals surface area contributed by atoms with Gasteiger partial charge in [-0.05, 0) is 36.4 Å². The number of ether oxygens (including phenoxy) is 1. The molecule has 2 aliphatic rings. The number of halogens is 6. The molecule has 7 nitrogen and oxygen atoms in total. The Morgan fingerprint density at radius 3 is 1.88 bits per heavy atom. The number of hydrogen-bond donors (Lipinski definition) is 2. The van der Waals surface area contributed by atoms with Crippen LogP contribution in [0.5, 0.6) is 11.5 Å². The molecule has 1 saturated heterocycles. The number of fused-ring (bicyclic) bond motifs is 2. The fourth-order valence-corrected chi connectivity index (χ4v) is 3.99. The second-order valence-corrected chi connectivity index (χ2v) is 7.73. The summed E-state index contributed by atoms with van der Waals surface area (Å²) in [5.41, 5.74) is 3.65. The zero-order valence-corrected chi connectivity index (χ0v) is 16.5. The molecular formula is C20H16F6N3O4-. The van der Waals surface area contributed by atoms with Crippen LogP contribution >= 0.6 is 0 Å². The molecule has 1 amide bonds.